The van der Waals surface area contributed by atoms with E-state index in [1.165, 1.54) is 18.0 Å². The number of anilines is 1. The van der Waals surface area contributed by atoms with E-state index in [2.05, 4.69) is 5.32 Å². The highest BCUT2D eigenvalue weighted by molar-refractivity contribution is 7.92. The number of nitrogens with one attached hydrogen (secondary N) is 1. The van der Waals surface area contributed by atoms with Crippen LogP contribution in [0.3, 0.4) is 0 Å². The zero-order chi connectivity index (χ0) is 27.2. The van der Waals surface area contributed by atoms with Crippen molar-refractivity contribution in [3.05, 3.63) is 100 Å². The van der Waals surface area contributed by atoms with E-state index in [4.69, 9.17) is 11.6 Å². The molecule has 3 aromatic rings. The van der Waals surface area contributed by atoms with Crippen molar-refractivity contribution in [1.82, 2.24) is 10.2 Å². The van der Waals surface area contributed by atoms with Gasteiger partial charge in [-0.25, -0.2) is 12.8 Å². The van der Waals surface area contributed by atoms with E-state index in [0.29, 0.717) is 0 Å². The fourth-order valence-electron chi connectivity index (χ4n) is 3.95. The molecule has 1 unspecified atom stereocenters. The van der Waals surface area contributed by atoms with Crippen molar-refractivity contribution < 1.29 is 22.4 Å². The lowest BCUT2D eigenvalue weighted by Gasteiger charge is -2.33. The average Bonchev–Trinajstić information content (AvgIpc) is 2.86. The summed E-state index contributed by atoms with van der Waals surface area (Å²) < 4.78 is 40.0. The van der Waals surface area contributed by atoms with Crippen molar-refractivity contribution in [3.63, 3.8) is 0 Å². The van der Waals surface area contributed by atoms with Gasteiger partial charge < -0.3 is 10.2 Å². The van der Waals surface area contributed by atoms with Crippen LogP contribution in [0.25, 0.3) is 0 Å². The van der Waals surface area contributed by atoms with Gasteiger partial charge in [0.05, 0.1) is 17.0 Å². The second-order valence-corrected chi connectivity index (χ2v) is 10.9. The Kier molecular flexibility index (Phi) is 9.29. The van der Waals surface area contributed by atoms with Crippen LogP contribution >= 0.6 is 11.6 Å². The molecule has 1 N–H and O–H groups in total. The molecule has 0 fully saturated rings. The van der Waals surface area contributed by atoms with Crippen LogP contribution in [0.1, 0.15) is 16.7 Å². The summed E-state index contributed by atoms with van der Waals surface area (Å²) in [5, 5.41) is 2.35. The molecule has 0 aromatic heterocycles. The molecule has 0 radical (unpaired) electrons. The Balaban J connectivity index is 2.05. The van der Waals surface area contributed by atoms with E-state index < -0.39 is 34.3 Å². The normalized spacial score (nSPS) is 12.0. The molecule has 1 atom stereocenters. The molecule has 0 aliphatic heterocycles. The minimum Gasteiger partial charge on any atom is -0.357 e. The van der Waals surface area contributed by atoms with Crippen molar-refractivity contribution >= 4 is 39.1 Å². The van der Waals surface area contributed by atoms with Crippen LogP contribution in [0.15, 0.2) is 72.8 Å². The second kappa shape index (κ2) is 12.2. The van der Waals surface area contributed by atoms with Gasteiger partial charge in [-0.1, -0.05) is 66.2 Å². The molecule has 0 aliphatic carbocycles. The number of benzene rings is 3. The highest BCUT2D eigenvalue weighted by Gasteiger charge is 2.33. The monoisotopic (exact) mass is 545 g/mol. The molecule has 196 valence electrons. The number of carbonyl (C=O) groups is 2. The Morgan fingerprint density at radius 2 is 1.68 bits per heavy atom. The van der Waals surface area contributed by atoms with Crippen LogP contribution < -0.4 is 9.62 Å². The van der Waals surface area contributed by atoms with Crippen LogP contribution in [-0.2, 0) is 32.6 Å². The Labute approximate surface area is 221 Å². The van der Waals surface area contributed by atoms with E-state index in [9.17, 15) is 22.4 Å². The maximum atomic E-state index is 13.8. The number of likely N-dealkylation sites (N-methyl/N-ethyl adjacent to an activating group) is 1. The first kappa shape index (κ1) is 28.1. The SMILES string of the molecule is CNC(=O)C(Cc1ccccc1)N(Cc1ccccc1C)C(=O)CN(c1ccc(F)c(Cl)c1)S(C)(=O)=O. The number of hydrogen-bond acceptors (Lipinski definition) is 4. The molecule has 2 amide bonds. The zero-order valence-electron chi connectivity index (χ0n) is 20.8. The first-order valence-corrected chi connectivity index (χ1v) is 13.8. The number of hydrogen-bond donors (Lipinski definition) is 1. The number of sulfonamides is 1. The molecular weight excluding hydrogens is 517 g/mol. The average molecular weight is 546 g/mol. The van der Waals surface area contributed by atoms with Crippen LogP contribution in [0, 0.1) is 12.7 Å². The molecule has 3 aromatic carbocycles. The number of halogens is 2. The van der Waals surface area contributed by atoms with Gasteiger partial charge in [0.1, 0.15) is 18.4 Å². The number of aryl methyl sites for hydroxylation is 1. The molecule has 0 aliphatic rings. The van der Waals surface area contributed by atoms with E-state index in [1.807, 2.05) is 61.5 Å². The van der Waals surface area contributed by atoms with E-state index in [-0.39, 0.29) is 29.6 Å². The van der Waals surface area contributed by atoms with Gasteiger partial charge in [0, 0.05) is 20.0 Å². The van der Waals surface area contributed by atoms with Gasteiger partial charge in [-0.2, -0.15) is 0 Å². The fourth-order valence-corrected chi connectivity index (χ4v) is 4.96. The fraction of sp³-hybridized carbons (Fsp3) is 0.259. The smallest absolute Gasteiger partial charge is 0.244 e. The molecule has 10 heteroatoms. The van der Waals surface area contributed by atoms with Gasteiger partial charge in [-0.15, -0.1) is 0 Å². The molecule has 3 rings (SSSR count). The largest absolute Gasteiger partial charge is 0.357 e. The predicted octanol–water partition coefficient (Wildman–Crippen LogP) is 3.94. The summed E-state index contributed by atoms with van der Waals surface area (Å²) in [6.07, 6.45) is 1.17. The predicted molar refractivity (Wildman–Crippen MR) is 143 cm³/mol. The van der Waals surface area contributed by atoms with Crippen molar-refractivity contribution in [2.75, 3.05) is 24.2 Å². The lowest BCUT2D eigenvalue weighted by Crippen LogP contribution is -2.53. The lowest BCUT2D eigenvalue weighted by atomic mass is 10.0. The molecule has 37 heavy (non-hydrogen) atoms. The minimum atomic E-state index is -3.96. The Hall–Kier alpha value is -3.43. The highest BCUT2D eigenvalue weighted by Crippen LogP contribution is 2.25. The van der Waals surface area contributed by atoms with E-state index in [0.717, 1.165) is 39.4 Å². The molecule has 0 saturated heterocycles. The minimum absolute atomic E-state index is 0.0395. The summed E-state index contributed by atoms with van der Waals surface area (Å²) >= 11 is 5.89. The van der Waals surface area contributed by atoms with Crippen LogP contribution in [0.5, 0.6) is 0 Å². The third kappa shape index (κ3) is 7.30. The van der Waals surface area contributed by atoms with Gasteiger partial charge in [0.2, 0.25) is 21.8 Å². The number of amides is 2. The lowest BCUT2D eigenvalue weighted by molar-refractivity contribution is -0.139. The highest BCUT2D eigenvalue weighted by atomic mass is 35.5. The molecule has 0 spiro atoms. The summed E-state index contributed by atoms with van der Waals surface area (Å²) in [6.45, 7) is 1.38. The van der Waals surface area contributed by atoms with Gasteiger partial charge in [-0.05, 0) is 41.8 Å². The third-order valence-corrected chi connectivity index (χ3v) is 7.42. The summed E-state index contributed by atoms with van der Waals surface area (Å²) in [4.78, 5) is 28.3. The molecule has 0 heterocycles. The maximum Gasteiger partial charge on any atom is 0.244 e. The summed E-state index contributed by atoms with van der Waals surface area (Å²) in [5.41, 5.74) is 2.61. The summed E-state index contributed by atoms with van der Waals surface area (Å²) in [5.74, 6) is -1.70. The Bertz CT molecular complexity index is 1370. The second-order valence-electron chi connectivity index (χ2n) is 8.64. The van der Waals surface area contributed by atoms with Gasteiger partial charge in [0.15, 0.2) is 0 Å². The van der Waals surface area contributed by atoms with Crippen molar-refractivity contribution in [2.24, 2.45) is 0 Å². The Morgan fingerprint density at radius 3 is 2.27 bits per heavy atom. The van der Waals surface area contributed by atoms with Gasteiger partial charge in [0.25, 0.3) is 0 Å². The first-order chi connectivity index (χ1) is 17.5. The standard InChI is InChI=1S/C27H29ClFN3O4S/c1-19-9-7-8-12-21(19)17-31(25(27(34)30-2)15-20-10-5-4-6-11-20)26(33)18-32(37(3,35)36)22-13-14-24(29)23(28)16-22/h4-14,16,25H,15,17-18H2,1-3H3,(H,30,34). The quantitative estimate of drug-likeness (QED) is 0.418. The van der Waals surface area contributed by atoms with Gasteiger partial charge >= 0.3 is 0 Å². The van der Waals surface area contributed by atoms with Gasteiger partial charge in [-0.3, -0.25) is 13.9 Å². The number of carbonyl (C=O) groups excluding carboxylic acids is 2. The van der Waals surface area contributed by atoms with Crippen molar-refractivity contribution in [2.45, 2.75) is 25.9 Å². The topological polar surface area (TPSA) is 86.8 Å². The number of rotatable bonds is 10. The molecular formula is C27H29ClFN3O4S. The molecule has 0 bridgehead atoms. The molecule has 7 nitrogen and oxygen atoms in total. The Morgan fingerprint density at radius 1 is 1.03 bits per heavy atom. The first-order valence-electron chi connectivity index (χ1n) is 11.5. The van der Waals surface area contributed by atoms with Crippen LogP contribution in [0.2, 0.25) is 5.02 Å². The van der Waals surface area contributed by atoms with Crippen LogP contribution in [-0.4, -0.2) is 51.0 Å². The van der Waals surface area contributed by atoms with E-state index >= 15 is 0 Å². The summed E-state index contributed by atoms with van der Waals surface area (Å²) in [6, 6.07) is 19.2. The van der Waals surface area contributed by atoms with Crippen molar-refractivity contribution in [3.8, 4) is 0 Å². The maximum absolute atomic E-state index is 13.8. The third-order valence-electron chi connectivity index (χ3n) is 5.99. The molecule has 0 saturated carbocycles. The van der Waals surface area contributed by atoms with Crippen LogP contribution in [0.4, 0.5) is 10.1 Å². The van der Waals surface area contributed by atoms with E-state index in [1.54, 1.807) is 0 Å². The summed E-state index contributed by atoms with van der Waals surface area (Å²) in [7, 11) is -2.48. The van der Waals surface area contributed by atoms with Crippen molar-refractivity contribution in [1.29, 1.82) is 0 Å². The number of nitrogens with zero attached hydrogens (tertiary/aromatic N) is 2. The zero-order valence-corrected chi connectivity index (χ0v) is 22.4.